The van der Waals surface area contributed by atoms with E-state index in [4.69, 9.17) is 4.74 Å². The van der Waals surface area contributed by atoms with E-state index in [0.29, 0.717) is 13.2 Å². The van der Waals surface area contributed by atoms with Gasteiger partial charge in [-0.3, -0.25) is 14.6 Å². The van der Waals surface area contributed by atoms with Gasteiger partial charge < -0.3 is 9.30 Å². The Morgan fingerprint density at radius 2 is 2.08 bits per heavy atom. The van der Waals surface area contributed by atoms with Crippen LogP contribution < -0.4 is 0 Å². The number of ether oxygens (including phenoxy) is 1. The zero-order valence-corrected chi connectivity index (χ0v) is 15.0. The molecule has 136 valence electrons. The Hall–Kier alpha value is -2.58. The summed E-state index contributed by atoms with van der Waals surface area (Å²) in [6, 6.07) is 3.92. The molecule has 8 nitrogen and oxygen atoms in total. The number of aryl methyl sites for hydroxylation is 1. The van der Waals surface area contributed by atoms with Gasteiger partial charge in [0, 0.05) is 50.3 Å². The smallest absolute Gasteiger partial charge is 0.159 e. The quantitative estimate of drug-likeness (QED) is 0.643. The van der Waals surface area contributed by atoms with Crippen LogP contribution in [0, 0.1) is 0 Å². The van der Waals surface area contributed by atoms with Crippen molar-refractivity contribution in [1.82, 2.24) is 34.4 Å². The molecule has 0 spiro atoms. The van der Waals surface area contributed by atoms with E-state index in [1.54, 1.807) is 6.20 Å². The van der Waals surface area contributed by atoms with Gasteiger partial charge in [-0.1, -0.05) is 6.07 Å². The van der Waals surface area contributed by atoms with Crippen molar-refractivity contribution in [3.63, 3.8) is 0 Å². The average Bonchev–Trinajstić information content (AvgIpc) is 3.29. The maximum absolute atomic E-state index is 5.78. The zero-order valence-electron chi connectivity index (χ0n) is 15.0. The van der Waals surface area contributed by atoms with Crippen LogP contribution in [0.15, 0.2) is 36.9 Å². The highest BCUT2D eigenvalue weighted by atomic mass is 16.5. The fraction of sp³-hybridized carbons (Fsp3) is 0.444. The van der Waals surface area contributed by atoms with Gasteiger partial charge >= 0.3 is 0 Å². The summed E-state index contributed by atoms with van der Waals surface area (Å²) in [6.45, 7) is 7.53. The molecule has 0 saturated carbocycles. The molecule has 0 radical (unpaired) electrons. The van der Waals surface area contributed by atoms with Crippen LogP contribution in [-0.4, -0.2) is 41.0 Å². The van der Waals surface area contributed by atoms with E-state index >= 15 is 0 Å². The predicted molar refractivity (Wildman–Crippen MR) is 94.8 cm³/mol. The monoisotopic (exact) mass is 353 g/mol. The number of hydrogen-bond acceptors (Lipinski definition) is 6. The molecular formula is C18H23N7O. The Balaban J connectivity index is 1.33. The van der Waals surface area contributed by atoms with Crippen LogP contribution in [-0.2, 0) is 44.1 Å². The first-order valence-electron chi connectivity index (χ1n) is 8.93. The standard InChI is InChI=1S/C18H23N7O/c1-2-24-11-16(9-20-24)10-23-6-7-25-17(12-23)21-22-18(25)14-26-13-15-4-3-5-19-8-15/h3-5,8-9,11H,2,6-7,10,12-14H2,1H3. The number of rotatable bonds is 7. The number of hydrogen-bond donors (Lipinski definition) is 0. The van der Waals surface area contributed by atoms with Gasteiger partial charge in [0.15, 0.2) is 5.82 Å². The molecule has 26 heavy (non-hydrogen) atoms. The highest BCUT2D eigenvalue weighted by Crippen LogP contribution is 2.16. The highest BCUT2D eigenvalue weighted by Gasteiger charge is 2.21. The van der Waals surface area contributed by atoms with E-state index in [0.717, 1.165) is 49.9 Å². The van der Waals surface area contributed by atoms with Crippen molar-refractivity contribution < 1.29 is 4.74 Å². The minimum Gasteiger partial charge on any atom is -0.369 e. The van der Waals surface area contributed by atoms with Gasteiger partial charge in [-0.25, -0.2) is 0 Å². The van der Waals surface area contributed by atoms with E-state index in [9.17, 15) is 0 Å². The summed E-state index contributed by atoms with van der Waals surface area (Å²) < 4.78 is 9.91. The van der Waals surface area contributed by atoms with Crippen LogP contribution in [0.4, 0.5) is 0 Å². The van der Waals surface area contributed by atoms with Crippen molar-refractivity contribution in [2.24, 2.45) is 0 Å². The molecule has 1 aliphatic heterocycles. The van der Waals surface area contributed by atoms with Crippen molar-refractivity contribution in [3.8, 4) is 0 Å². The number of fused-ring (bicyclic) bond motifs is 1. The summed E-state index contributed by atoms with van der Waals surface area (Å²) in [7, 11) is 0. The largest absolute Gasteiger partial charge is 0.369 e. The number of nitrogens with zero attached hydrogens (tertiary/aromatic N) is 7. The molecule has 4 rings (SSSR count). The van der Waals surface area contributed by atoms with Crippen molar-refractivity contribution in [3.05, 3.63) is 59.7 Å². The van der Waals surface area contributed by atoms with E-state index < -0.39 is 0 Å². The van der Waals surface area contributed by atoms with E-state index in [2.05, 4.69) is 42.9 Å². The second-order valence-corrected chi connectivity index (χ2v) is 6.45. The van der Waals surface area contributed by atoms with Crippen LogP contribution in [0.3, 0.4) is 0 Å². The third kappa shape index (κ3) is 3.81. The fourth-order valence-corrected chi connectivity index (χ4v) is 3.17. The molecule has 1 aliphatic rings. The van der Waals surface area contributed by atoms with Gasteiger partial charge in [0.25, 0.3) is 0 Å². The molecule has 4 heterocycles. The molecule has 0 N–H and O–H groups in total. The first kappa shape index (κ1) is 16.9. The summed E-state index contributed by atoms with van der Waals surface area (Å²) in [5, 5.41) is 13.0. The van der Waals surface area contributed by atoms with Crippen molar-refractivity contribution in [2.75, 3.05) is 6.54 Å². The molecular weight excluding hydrogens is 330 g/mol. The van der Waals surface area contributed by atoms with Crippen molar-refractivity contribution in [1.29, 1.82) is 0 Å². The molecule has 0 saturated heterocycles. The van der Waals surface area contributed by atoms with E-state index in [-0.39, 0.29) is 0 Å². The minimum atomic E-state index is 0.463. The van der Waals surface area contributed by atoms with Crippen LogP contribution in [0.5, 0.6) is 0 Å². The summed E-state index contributed by atoms with van der Waals surface area (Å²) in [4.78, 5) is 6.47. The third-order valence-corrected chi connectivity index (χ3v) is 4.55. The maximum Gasteiger partial charge on any atom is 0.159 e. The van der Waals surface area contributed by atoms with Crippen LogP contribution in [0.1, 0.15) is 29.7 Å². The second kappa shape index (κ2) is 7.76. The fourth-order valence-electron chi connectivity index (χ4n) is 3.17. The normalized spacial score (nSPS) is 14.5. The lowest BCUT2D eigenvalue weighted by molar-refractivity contribution is 0.0966. The topological polar surface area (TPSA) is 73.9 Å². The highest BCUT2D eigenvalue weighted by molar-refractivity contribution is 5.07. The van der Waals surface area contributed by atoms with Crippen LogP contribution in [0.2, 0.25) is 0 Å². The van der Waals surface area contributed by atoms with Gasteiger partial charge in [0.2, 0.25) is 0 Å². The van der Waals surface area contributed by atoms with Crippen molar-refractivity contribution in [2.45, 2.75) is 46.3 Å². The van der Waals surface area contributed by atoms with Crippen LogP contribution >= 0.6 is 0 Å². The van der Waals surface area contributed by atoms with Gasteiger partial charge in [-0.05, 0) is 18.6 Å². The lowest BCUT2D eigenvalue weighted by atomic mass is 10.3. The molecule has 0 fully saturated rings. The van der Waals surface area contributed by atoms with E-state index in [1.807, 2.05) is 29.2 Å². The molecule has 0 aromatic carbocycles. The van der Waals surface area contributed by atoms with Gasteiger partial charge in [0.1, 0.15) is 12.4 Å². The Morgan fingerprint density at radius 1 is 1.12 bits per heavy atom. The molecule has 3 aromatic heterocycles. The number of aromatic nitrogens is 6. The zero-order chi connectivity index (χ0) is 17.8. The first-order valence-corrected chi connectivity index (χ1v) is 8.93. The second-order valence-electron chi connectivity index (χ2n) is 6.45. The Bertz CT molecular complexity index is 842. The molecule has 0 aliphatic carbocycles. The number of pyridine rings is 1. The molecule has 0 bridgehead atoms. The SMILES string of the molecule is CCn1cc(CN2CCn3c(COCc4cccnc4)nnc3C2)cn1. The maximum atomic E-state index is 5.78. The van der Waals surface area contributed by atoms with Gasteiger partial charge in [0.05, 0.1) is 19.3 Å². The Morgan fingerprint density at radius 3 is 2.88 bits per heavy atom. The van der Waals surface area contributed by atoms with Gasteiger partial charge in [-0.2, -0.15) is 5.10 Å². The lowest BCUT2D eigenvalue weighted by Crippen LogP contribution is -2.34. The molecule has 0 atom stereocenters. The summed E-state index contributed by atoms with van der Waals surface area (Å²) in [6.07, 6.45) is 7.63. The molecule has 0 unspecified atom stereocenters. The van der Waals surface area contributed by atoms with E-state index in [1.165, 1.54) is 5.56 Å². The van der Waals surface area contributed by atoms with Crippen LogP contribution in [0.25, 0.3) is 0 Å². The molecule has 8 heteroatoms. The predicted octanol–water partition coefficient (Wildman–Crippen LogP) is 1.62. The average molecular weight is 353 g/mol. The van der Waals surface area contributed by atoms with Gasteiger partial charge in [-0.15, -0.1) is 10.2 Å². The molecule has 3 aromatic rings. The minimum absolute atomic E-state index is 0.463. The summed E-state index contributed by atoms with van der Waals surface area (Å²) >= 11 is 0. The Kier molecular flexibility index (Phi) is 5.03. The summed E-state index contributed by atoms with van der Waals surface area (Å²) in [5.74, 6) is 1.89. The molecule has 0 amide bonds. The Labute approximate surface area is 152 Å². The van der Waals surface area contributed by atoms with Crippen molar-refractivity contribution >= 4 is 0 Å². The third-order valence-electron chi connectivity index (χ3n) is 4.55. The first-order chi connectivity index (χ1) is 12.8. The lowest BCUT2D eigenvalue weighted by Gasteiger charge is -2.27. The summed E-state index contributed by atoms with van der Waals surface area (Å²) in [5.41, 5.74) is 2.30.